The summed E-state index contributed by atoms with van der Waals surface area (Å²) in [4.78, 5) is 0. The third-order valence-electron chi connectivity index (χ3n) is 2.06. The van der Waals surface area contributed by atoms with Crippen LogP contribution in [0, 0.1) is 18.3 Å². The van der Waals surface area contributed by atoms with Crippen molar-refractivity contribution in [3.05, 3.63) is 0 Å². The molecule has 0 aromatic rings. The molecule has 1 unspecified atom stereocenters. The van der Waals surface area contributed by atoms with Crippen LogP contribution in [-0.2, 0) is 0 Å². The Morgan fingerprint density at radius 1 is 1.64 bits per heavy atom. The number of hydrogen-bond acceptors (Lipinski definition) is 2. The molecule has 1 saturated heterocycles. The van der Waals surface area contributed by atoms with Crippen LogP contribution >= 0.6 is 0 Å². The van der Waals surface area contributed by atoms with Crippen LogP contribution in [0.2, 0.25) is 0 Å². The van der Waals surface area contributed by atoms with E-state index in [9.17, 15) is 0 Å². The highest BCUT2D eigenvalue weighted by molar-refractivity contribution is 4.87. The lowest BCUT2D eigenvalue weighted by molar-refractivity contribution is 0.365. The lowest BCUT2D eigenvalue weighted by atomic mass is 10.00. The van der Waals surface area contributed by atoms with Crippen LogP contribution in [0.4, 0.5) is 0 Å². The molecule has 2 heteroatoms. The fourth-order valence-electron chi connectivity index (χ4n) is 1.45. The van der Waals surface area contributed by atoms with Crippen molar-refractivity contribution in [2.24, 2.45) is 5.92 Å². The first kappa shape index (κ1) is 8.58. The van der Waals surface area contributed by atoms with E-state index in [4.69, 9.17) is 6.42 Å². The third-order valence-corrected chi connectivity index (χ3v) is 2.06. The Kier molecular flexibility index (Phi) is 4.03. The van der Waals surface area contributed by atoms with Crippen LogP contribution in [0.5, 0.6) is 0 Å². The highest BCUT2D eigenvalue weighted by Gasteiger charge is 2.11. The summed E-state index contributed by atoms with van der Waals surface area (Å²) in [5, 5.41) is 6.60. The van der Waals surface area contributed by atoms with E-state index in [1.54, 1.807) is 0 Å². The van der Waals surface area contributed by atoms with Crippen molar-refractivity contribution in [2.45, 2.75) is 12.8 Å². The van der Waals surface area contributed by atoms with E-state index < -0.39 is 0 Å². The first-order valence-electron chi connectivity index (χ1n) is 4.28. The summed E-state index contributed by atoms with van der Waals surface area (Å²) in [5.41, 5.74) is 0. The zero-order valence-corrected chi connectivity index (χ0v) is 6.90. The van der Waals surface area contributed by atoms with E-state index in [1.807, 2.05) is 0 Å². The van der Waals surface area contributed by atoms with Crippen LogP contribution in [-0.4, -0.2) is 26.2 Å². The summed E-state index contributed by atoms with van der Waals surface area (Å²) in [5.74, 6) is 3.36. The summed E-state index contributed by atoms with van der Waals surface area (Å²) in [6, 6.07) is 0. The summed E-state index contributed by atoms with van der Waals surface area (Å²) >= 11 is 0. The molecule has 1 heterocycles. The number of rotatable bonds is 3. The van der Waals surface area contributed by atoms with E-state index in [0.29, 0.717) is 6.54 Å². The SMILES string of the molecule is C#CCNCC1CCCNC1. The van der Waals surface area contributed by atoms with Gasteiger partial charge in [0.15, 0.2) is 0 Å². The van der Waals surface area contributed by atoms with E-state index in [0.717, 1.165) is 19.0 Å². The Labute approximate surface area is 68.8 Å². The molecule has 0 bridgehead atoms. The zero-order chi connectivity index (χ0) is 7.94. The molecule has 0 spiro atoms. The summed E-state index contributed by atoms with van der Waals surface area (Å²) < 4.78 is 0. The second kappa shape index (κ2) is 5.17. The minimum Gasteiger partial charge on any atom is -0.316 e. The molecule has 1 aliphatic rings. The first-order valence-corrected chi connectivity index (χ1v) is 4.28. The van der Waals surface area contributed by atoms with E-state index in [1.165, 1.54) is 19.4 Å². The molecule has 0 radical (unpaired) electrons. The topological polar surface area (TPSA) is 24.1 Å². The fourth-order valence-corrected chi connectivity index (χ4v) is 1.45. The lowest BCUT2D eigenvalue weighted by Gasteiger charge is -2.22. The molecule has 0 amide bonds. The maximum atomic E-state index is 5.12. The van der Waals surface area contributed by atoms with Gasteiger partial charge in [0.05, 0.1) is 6.54 Å². The Morgan fingerprint density at radius 2 is 2.55 bits per heavy atom. The van der Waals surface area contributed by atoms with Gasteiger partial charge in [-0.05, 0) is 31.8 Å². The van der Waals surface area contributed by atoms with Crippen LogP contribution in [0.25, 0.3) is 0 Å². The summed E-state index contributed by atoms with van der Waals surface area (Å²) in [6.07, 6.45) is 7.76. The highest BCUT2D eigenvalue weighted by atomic mass is 14.9. The molecular weight excluding hydrogens is 136 g/mol. The van der Waals surface area contributed by atoms with Crippen LogP contribution in [0.15, 0.2) is 0 Å². The quantitative estimate of drug-likeness (QED) is 0.446. The molecule has 0 aliphatic carbocycles. The fraction of sp³-hybridized carbons (Fsp3) is 0.778. The van der Waals surface area contributed by atoms with Gasteiger partial charge in [-0.3, -0.25) is 0 Å². The van der Waals surface area contributed by atoms with Crippen molar-refractivity contribution < 1.29 is 0 Å². The van der Waals surface area contributed by atoms with E-state index in [2.05, 4.69) is 16.6 Å². The average Bonchev–Trinajstić information content (AvgIpc) is 2.07. The average molecular weight is 152 g/mol. The first-order chi connectivity index (χ1) is 5.43. The Balaban J connectivity index is 2.01. The molecule has 0 saturated carbocycles. The molecule has 0 aromatic carbocycles. The molecule has 1 aliphatic heterocycles. The van der Waals surface area contributed by atoms with Crippen molar-refractivity contribution in [1.82, 2.24) is 10.6 Å². The highest BCUT2D eigenvalue weighted by Crippen LogP contribution is 2.07. The van der Waals surface area contributed by atoms with Crippen LogP contribution in [0.3, 0.4) is 0 Å². The van der Waals surface area contributed by atoms with Crippen molar-refractivity contribution >= 4 is 0 Å². The van der Waals surface area contributed by atoms with Crippen molar-refractivity contribution in [1.29, 1.82) is 0 Å². The Hall–Kier alpha value is -0.520. The van der Waals surface area contributed by atoms with Crippen molar-refractivity contribution in [3.8, 4) is 12.3 Å². The maximum Gasteiger partial charge on any atom is 0.0573 e. The molecule has 1 atom stereocenters. The standard InChI is InChI=1S/C9H16N2/c1-2-5-10-7-9-4-3-6-11-8-9/h1,9-11H,3-8H2. The predicted molar refractivity (Wildman–Crippen MR) is 47.3 cm³/mol. The second-order valence-electron chi connectivity index (χ2n) is 3.05. The lowest BCUT2D eigenvalue weighted by Crippen LogP contribution is -2.36. The van der Waals surface area contributed by atoms with E-state index >= 15 is 0 Å². The van der Waals surface area contributed by atoms with Gasteiger partial charge in [-0.2, -0.15) is 0 Å². The molecule has 0 aromatic heterocycles. The van der Waals surface area contributed by atoms with Crippen molar-refractivity contribution in [2.75, 3.05) is 26.2 Å². The van der Waals surface area contributed by atoms with Gasteiger partial charge in [0.1, 0.15) is 0 Å². The molecule has 11 heavy (non-hydrogen) atoms. The largest absolute Gasteiger partial charge is 0.316 e. The van der Waals surface area contributed by atoms with Crippen LogP contribution < -0.4 is 10.6 Å². The third kappa shape index (κ3) is 3.41. The van der Waals surface area contributed by atoms with Gasteiger partial charge in [-0.1, -0.05) is 5.92 Å². The van der Waals surface area contributed by atoms with Gasteiger partial charge in [0.2, 0.25) is 0 Å². The van der Waals surface area contributed by atoms with Crippen LogP contribution in [0.1, 0.15) is 12.8 Å². The van der Waals surface area contributed by atoms with Gasteiger partial charge in [0.25, 0.3) is 0 Å². The minimum atomic E-state index is 0.705. The predicted octanol–water partition coefficient (Wildman–Crippen LogP) is 0.209. The molecule has 62 valence electrons. The van der Waals surface area contributed by atoms with Gasteiger partial charge in [0, 0.05) is 6.54 Å². The smallest absolute Gasteiger partial charge is 0.0573 e. The summed E-state index contributed by atoms with van der Waals surface area (Å²) in [6.45, 7) is 4.11. The second-order valence-corrected chi connectivity index (χ2v) is 3.05. The molecule has 2 nitrogen and oxygen atoms in total. The molecule has 1 rings (SSSR count). The minimum absolute atomic E-state index is 0.705. The number of piperidine rings is 1. The normalized spacial score (nSPS) is 24.5. The number of terminal acetylenes is 1. The van der Waals surface area contributed by atoms with Gasteiger partial charge >= 0.3 is 0 Å². The van der Waals surface area contributed by atoms with Crippen molar-refractivity contribution in [3.63, 3.8) is 0 Å². The van der Waals surface area contributed by atoms with Gasteiger partial charge in [-0.15, -0.1) is 6.42 Å². The maximum absolute atomic E-state index is 5.12. The molecular formula is C9H16N2. The number of nitrogens with one attached hydrogen (secondary N) is 2. The number of hydrogen-bond donors (Lipinski definition) is 2. The van der Waals surface area contributed by atoms with Gasteiger partial charge < -0.3 is 10.6 Å². The monoisotopic (exact) mass is 152 g/mol. The zero-order valence-electron chi connectivity index (χ0n) is 6.90. The Bertz CT molecular complexity index is 131. The van der Waals surface area contributed by atoms with Gasteiger partial charge in [-0.25, -0.2) is 0 Å². The molecule has 1 fully saturated rings. The van der Waals surface area contributed by atoms with E-state index in [-0.39, 0.29) is 0 Å². The molecule has 2 N–H and O–H groups in total. The summed E-state index contributed by atoms with van der Waals surface area (Å²) in [7, 11) is 0. The Morgan fingerprint density at radius 3 is 3.18 bits per heavy atom.